The molecule has 0 spiro atoms. The number of rotatable bonds is 5. The molecule has 188 valence electrons. The fourth-order valence-corrected chi connectivity index (χ4v) is 5.65. The first kappa shape index (κ1) is 25.3. The molecular formula is C21H19ClF5N5O2S. The molecule has 4 rings (SSSR count). The van der Waals surface area contributed by atoms with Gasteiger partial charge in [0.15, 0.2) is 0 Å². The minimum atomic E-state index is -4.76. The lowest BCUT2D eigenvalue weighted by Gasteiger charge is -2.30. The van der Waals surface area contributed by atoms with Crippen LogP contribution < -0.4 is 5.73 Å². The van der Waals surface area contributed by atoms with Crippen LogP contribution in [0.5, 0.6) is 0 Å². The van der Waals surface area contributed by atoms with Gasteiger partial charge in [0.2, 0.25) is 16.0 Å². The van der Waals surface area contributed by atoms with Crippen LogP contribution in [0.15, 0.2) is 41.3 Å². The van der Waals surface area contributed by atoms with Gasteiger partial charge in [-0.25, -0.2) is 17.2 Å². The molecule has 35 heavy (non-hydrogen) atoms. The van der Waals surface area contributed by atoms with Crippen molar-refractivity contribution in [3.63, 3.8) is 0 Å². The predicted molar refractivity (Wildman–Crippen MR) is 118 cm³/mol. The molecule has 0 saturated carbocycles. The fourth-order valence-electron chi connectivity index (χ4n) is 3.86. The Bertz CT molecular complexity index is 1330. The number of nitrogens with one attached hydrogen (secondary N) is 1. The standard InChI is InChI=1S/C21H19ClF5N5O2S/c22-16-10-12(11-17-29-19(28)31-30-17)9-15(21(25,26)27)18(16)13-1-3-14(4-2-13)35(33,34)32-7-5-20(23,24)6-8-32/h1-4,9-10H,5-8,11H2,(H3,28,29,30,31). The normalized spacial score (nSPS) is 17.0. The molecule has 1 aromatic heterocycles. The van der Waals surface area contributed by atoms with Crippen LogP contribution in [0.1, 0.15) is 29.8 Å². The van der Waals surface area contributed by atoms with E-state index < -0.39 is 40.5 Å². The molecule has 2 heterocycles. The Hall–Kier alpha value is -2.77. The van der Waals surface area contributed by atoms with Crippen LogP contribution >= 0.6 is 11.6 Å². The highest BCUT2D eigenvalue weighted by Crippen LogP contribution is 2.42. The van der Waals surface area contributed by atoms with Crippen LogP contribution in [0.25, 0.3) is 11.1 Å². The highest BCUT2D eigenvalue weighted by atomic mass is 35.5. The summed E-state index contributed by atoms with van der Waals surface area (Å²) in [7, 11) is -4.08. The number of alkyl halides is 5. The number of anilines is 1. The second kappa shape index (κ2) is 9.03. The zero-order chi connectivity index (χ0) is 25.6. The molecule has 3 aromatic rings. The minimum Gasteiger partial charge on any atom is -0.367 e. The number of nitrogens with zero attached hydrogens (tertiary/aromatic N) is 3. The molecule has 0 radical (unpaired) electrons. The van der Waals surface area contributed by atoms with Crippen molar-refractivity contribution < 1.29 is 30.4 Å². The maximum Gasteiger partial charge on any atom is 0.417 e. The molecular weight excluding hydrogens is 517 g/mol. The van der Waals surface area contributed by atoms with E-state index in [2.05, 4.69) is 15.2 Å². The van der Waals surface area contributed by atoms with Gasteiger partial charge in [0.25, 0.3) is 5.92 Å². The topological polar surface area (TPSA) is 105 Å². The van der Waals surface area contributed by atoms with Crippen molar-refractivity contribution in [1.82, 2.24) is 19.5 Å². The van der Waals surface area contributed by atoms with Gasteiger partial charge in [0, 0.05) is 42.9 Å². The molecule has 0 bridgehead atoms. The van der Waals surface area contributed by atoms with Crippen molar-refractivity contribution in [1.29, 1.82) is 0 Å². The molecule has 0 aliphatic carbocycles. The van der Waals surface area contributed by atoms with E-state index in [4.69, 9.17) is 17.3 Å². The number of sulfonamides is 1. The Kier molecular flexibility index (Phi) is 6.53. The summed E-state index contributed by atoms with van der Waals surface area (Å²) in [4.78, 5) is 3.66. The number of nitrogens with two attached hydrogens (primary N) is 1. The number of benzene rings is 2. The number of aromatic amines is 1. The third-order valence-electron chi connectivity index (χ3n) is 5.61. The van der Waals surface area contributed by atoms with Gasteiger partial charge < -0.3 is 5.73 Å². The monoisotopic (exact) mass is 535 g/mol. The quantitative estimate of drug-likeness (QED) is 0.459. The van der Waals surface area contributed by atoms with Crippen molar-refractivity contribution in [3.05, 3.63) is 58.4 Å². The average molecular weight is 536 g/mol. The number of aromatic nitrogens is 3. The van der Waals surface area contributed by atoms with E-state index in [1.807, 2.05) is 0 Å². The van der Waals surface area contributed by atoms with Crippen molar-refractivity contribution >= 4 is 27.6 Å². The Morgan fingerprint density at radius 2 is 1.74 bits per heavy atom. The molecule has 14 heteroatoms. The average Bonchev–Trinajstić information content (AvgIpc) is 3.17. The Morgan fingerprint density at radius 1 is 1.11 bits per heavy atom. The van der Waals surface area contributed by atoms with E-state index in [1.54, 1.807) is 0 Å². The first-order valence-electron chi connectivity index (χ1n) is 10.3. The molecule has 1 fully saturated rings. The summed E-state index contributed by atoms with van der Waals surface area (Å²) < 4.78 is 95.1. The first-order valence-corrected chi connectivity index (χ1v) is 12.1. The fraction of sp³-hybridized carbons (Fsp3) is 0.333. The molecule has 3 N–H and O–H groups in total. The predicted octanol–water partition coefficient (Wildman–Crippen LogP) is 4.74. The van der Waals surface area contributed by atoms with Crippen LogP contribution in [-0.4, -0.2) is 46.9 Å². The third-order valence-corrected chi connectivity index (χ3v) is 7.82. The van der Waals surface area contributed by atoms with E-state index in [9.17, 15) is 30.4 Å². The van der Waals surface area contributed by atoms with Gasteiger partial charge in [-0.05, 0) is 35.4 Å². The lowest BCUT2D eigenvalue weighted by molar-refractivity contribution is -0.137. The molecule has 2 aromatic carbocycles. The van der Waals surface area contributed by atoms with E-state index in [0.29, 0.717) is 0 Å². The van der Waals surface area contributed by atoms with Crippen LogP contribution in [-0.2, 0) is 22.6 Å². The molecule has 1 aliphatic heterocycles. The largest absolute Gasteiger partial charge is 0.417 e. The first-order chi connectivity index (χ1) is 16.3. The lowest BCUT2D eigenvalue weighted by Crippen LogP contribution is -2.42. The van der Waals surface area contributed by atoms with Crippen molar-refractivity contribution in [2.45, 2.75) is 36.3 Å². The van der Waals surface area contributed by atoms with Crippen LogP contribution in [0.2, 0.25) is 5.02 Å². The highest BCUT2D eigenvalue weighted by molar-refractivity contribution is 7.89. The SMILES string of the molecule is Nc1n[nH]c(Cc2cc(Cl)c(-c3ccc(S(=O)(=O)N4CCC(F)(F)CC4)cc3)c(C(F)(F)F)c2)n1. The van der Waals surface area contributed by atoms with E-state index in [1.165, 1.54) is 18.2 Å². The summed E-state index contributed by atoms with van der Waals surface area (Å²) in [6.07, 6.45) is -5.98. The van der Waals surface area contributed by atoms with E-state index in [-0.39, 0.29) is 57.9 Å². The number of nitrogen functional groups attached to an aromatic ring is 1. The summed E-state index contributed by atoms with van der Waals surface area (Å²) in [5, 5.41) is 5.96. The van der Waals surface area contributed by atoms with Crippen LogP contribution in [0.3, 0.4) is 0 Å². The van der Waals surface area contributed by atoms with Crippen LogP contribution in [0.4, 0.5) is 27.9 Å². The zero-order valence-corrected chi connectivity index (χ0v) is 19.5. The van der Waals surface area contributed by atoms with Crippen molar-refractivity contribution in [2.75, 3.05) is 18.8 Å². The summed E-state index contributed by atoms with van der Waals surface area (Å²) >= 11 is 6.26. The maximum atomic E-state index is 13.9. The number of hydrogen-bond acceptors (Lipinski definition) is 5. The molecule has 7 nitrogen and oxygen atoms in total. The Balaban J connectivity index is 1.66. The van der Waals surface area contributed by atoms with E-state index >= 15 is 0 Å². The molecule has 1 saturated heterocycles. The van der Waals surface area contributed by atoms with Gasteiger partial charge >= 0.3 is 6.18 Å². The number of halogens is 6. The van der Waals surface area contributed by atoms with Gasteiger partial charge in [-0.3, -0.25) is 5.10 Å². The second-order valence-electron chi connectivity index (χ2n) is 8.10. The van der Waals surface area contributed by atoms with Gasteiger partial charge in [-0.15, -0.1) is 5.10 Å². The Labute approximate surface area is 202 Å². The van der Waals surface area contributed by atoms with E-state index in [0.717, 1.165) is 22.5 Å². The summed E-state index contributed by atoms with van der Waals surface area (Å²) in [5.74, 6) is -2.72. The van der Waals surface area contributed by atoms with Crippen molar-refractivity contribution in [2.24, 2.45) is 0 Å². The van der Waals surface area contributed by atoms with Gasteiger partial charge in [-0.2, -0.15) is 22.5 Å². The third kappa shape index (κ3) is 5.41. The summed E-state index contributed by atoms with van der Waals surface area (Å²) in [5.41, 5.74) is 4.35. The molecule has 1 aliphatic rings. The number of H-pyrrole nitrogens is 1. The van der Waals surface area contributed by atoms with Gasteiger partial charge in [0.1, 0.15) is 5.82 Å². The summed E-state index contributed by atoms with van der Waals surface area (Å²) in [6, 6.07) is 6.97. The second-order valence-corrected chi connectivity index (χ2v) is 10.4. The highest BCUT2D eigenvalue weighted by Gasteiger charge is 2.39. The molecule has 0 unspecified atom stereocenters. The minimum absolute atomic E-state index is 0.0284. The Morgan fingerprint density at radius 3 is 2.29 bits per heavy atom. The van der Waals surface area contributed by atoms with Gasteiger partial charge in [-0.1, -0.05) is 23.7 Å². The van der Waals surface area contributed by atoms with Crippen molar-refractivity contribution in [3.8, 4) is 11.1 Å². The van der Waals surface area contributed by atoms with Gasteiger partial charge in [0.05, 0.1) is 10.5 Å². The molecule has 0 amide bonds. The number of hydrogen-bond donors (Lipinski definition) is 2. The smallest absolute Gasteiger partial charge is 0.367 e. The number of piperidine rings is 1. The van der Waals surface area contributed by atoms with Crippen LogP contribution in [0, 0.1) is 0 Å². The maximum absolute atomic E-state index is 13.9. The zero-order valence-electron chi connectivity index (χ0n) is 17.9. The summed E-state index contributed by atoms with van der Waals surface area (Å²) in [6.45, 7) is -0.696. The molecule has 0 atom stereocenters. The lowest BCUT2D eigenvalue weighted by atomic mass is 9.96.